The van der Waals surface area contributed by atoms with Crippen molar-refractivity contribution in [2.45, 2.75) is 83.5 Å². The number of rotatable bonds is 2. The molecule has 18 heavy (non-hydrogen) atoms. The average molecular weight is 267 g/mol. The van der Waals surface area contributed by atoms with E-state index in [9.17, 15) is 0 Å². The molecule has 1 unspecified atom stereocenters. The van der Waals surface area contributed by atoms with Crippen molar-refractivity contribution in [1.82, 2.24) is 0 Å². The van der Waals surface area contributed by atoms with Gasteiger partial charge in [-0.2, -0.15) is 0 Å². The standard InChI is InChI=1S/C16H30OSi/c1-16(2,3)18(4,5)17-15-12-8-10-13-9-6-7-11-14(13)15/h11,13,15H,6-10,12H2,1-5H3/t13-,15?/m1/s1. The van der Waals surface area contributed by atoms with Crippen LogP contribution in [0.15, 0.2) is 11.6 Å². The van der Waals surface area contributed by atoms with Crippen LogP contribution in [0.1, 0.15) is 59.3 Å². The predicted octanol–water partition coefficient (Wildman–Crippen LogP) is 5.29. The van der Waals surface area contributed by atoms with E-state index in [1.54, 1.807) is 5.57 Å². The van der Waals surface area contributed by atoms with Crippen LogP contribution in [0.4, 0.5) is 0 Å². The second-order valence-electron chi connectivity index (χ2n) is 7.63. The normalized spacial score (nSPS) is 29.7. The van der Waals surface area contributed by atoms with E-state index in [1.165, 1.54) is 38.5 Å². The van der Waals surface area contributed by atoms with Gasteiger partial charge in [-0.25, -0.2) is 0 Å². The molecular formula is C16H30OSi. The minimum Gasteiger partial charge on any atom is -0.410 e. The van der Waals surface area contributed by atoms with Crippen LogP contribution >= 0.6 is 0 Å². The third-order valence-electron chi connectivity index (χ3n) is 5.24. The smallest absolute Gasteiger partial charge is 0.192 e. The van der Waals surface area contributed by atoms with Gasteiger partial charge in [0.05, 0.1) is 6.10 Å². The van der Waals surface area contributed by atoms with Crippen molar-refractivity contribution in [3.63, 3.8) is 0 Å². The molecule has 0 saturated heterocycles. The minimum absolute atomic E-state index is 0.329. The molecule has 0 aromatic carbocycles. The lowest BCUT2D eigenvalue weighted by molar-refractivity contribution is 0.158. The van der Waals surface area contributed by atoms with Gasteiger partial charge >= 0.3 is 0 Å². The average Bonchev–Trinajstić information content (AvgIpc) is 2.27. The zero-order valence-corrected chi connectivity index (χ0v) is 13.9. The van der Waals surface area contributed by atoms with E-state index in [2.05, 4.69) is 39.9 Å². The van der Waals surface area contributed by atoms with Crippen LogP contribution in [-0.4, -0.2) is 14.4 Å². The summed E-state index contributed by atoms with van der Waals surface area (Å²) in [7, 11) is -1.61. The van der Waals surface area contributed by atoms with Gasteiger partial charge in [0.2, 0.25) is 0 Å². The fourth-order valence-corrected chi connectivity index (χ4v) is 4.37. The Morgan fingerprint density at radius 2 is 1.78 bits per heavy atom. The van der Waals surface area contributed by atoms with Gasteiger partial charge in [0.25, 0.3) is 0 Å². The lowest BCUT2D eigenvalue weighted by Crippen LogP contribution is -2.46. The van der Waals surface area contributed by atoms with Crippen molar-refractivity contribution in [2.24, 2.45) is 5.92 Å². The Morgan fingerprint density at radius 1 is 1.11 bits per heavy atom. The van der Waals surface area contributed by atoms with Crippen LogP contribution in [0.3, 0.4) is 0 Å². The Labute approximate surface area is 114 Å². The minimum atomic E-state index is -1.61. The van der Waals surface area contributed by atoms with Crippen LogP contribution in [0, 0.1) is 5.92 Å². The summed E-state index contributed by atoms with van der Waals surface area (Å²) in [6.45, 7) is 11.8. The monoisotopic (exact) mass is 266 g/mol. The van der Waals surface area contributed by atoms with E-state index < -0.39 is 8.32 Å². The van der Waals surface area contributed by atoms with Gasteiger partial charge in [-0.1, -0.05) is 26.8 Å². The molecule has 0 radical (unpaired) electrons. The molecule has 2 aliphatic rings. The van der Waals surface area contributed by atoms with Gasteiger partial charge in [-0.3, -0.25) is 0 Å². The van der Waals surface area contributed by atoms with E-state index in [-0.39, 0.29) is 0 Å². The SMILES string of the molecule is CC(C)(C)[Si](C)(C)OC1CCC[C@H]2CCCC=C12. The first-order valence-corrected chi connectivity index (χ1v) is 10.6. The van der Waals surface area contributed by atoms with E-state index in [0.29, 0.717) is 11.1 Å². The summed E-state index contributed by atoms with van der Waals surface area (Å²) in [6, 6.07) is 0. The number of hydrogen-bond acceptors (Lipinski definition) is 1. The van der Waals surface area contributed by atoms with Crippen molar-refractivity contribution in [2.75, 3.05) is 0 Å². The molecule has 2 rings (SSSR count). The molecule has 2 aliphatic carbocycles. The lowest BCUT2D eigenvalue weighted by atomic mass is 9.76. The highest BCUT2D eigenvalue weighted by Gasteiger charge is 2.41. The fraction of sp³-hybridized carbons (Fsp3) is 0.875. The zero-order chi connectivity index (χ0) is 13.4. The molecule has 0 N–H and O–H groups in total. The van der Waals surface area contributed by atoms with Gasteiger partial charge in [0.1, 0.15) is 0 Å². The summed E-state index contributed by atoms with van der Waals surface area (Å²) in [5.41, 5.74) is 1.66. The van der Waals surface area contributed by atoms with Gasteiger partial charge < -0.3 is 4.43 Å². The first kappa shape index (κ1) is 14.3. The maximum absolute atomic E-state index is 6.68. The van der Waals surface area contributed by atoms with E-state index in [4.69, 9.17) is 4.43 Å². The van der Waals surface area contributed by atoms with Crippen molar-refractivity contribution in [1.29, 1.82) is 0 Å². The van der Waals surface area contributed by atoms with Gasteiger partial charge in [-0.05, 0) is 68.1 Å². The Balaban J connectivity index is 2.11. The van der Waals surface area contributed by atoms with Crippen molar-refractivity contribution in [3.8, 4) is 0 Å². The summed E-state index contributed by atoms with van der Waals surface area (Å²) < 4.78 is 6.68. The molecule has 0 heterocycles. The predicted molar refractivity (Wildman–Crippen MR) is 81.3 cm³/mol. The molecule has 0 bridgehead atoms. The molecule has 0 spiro atoms. The topological polar surface area (TPSA) is 9.23 Å². The molecule has 1 saturated carbocycles. The highest BCUT2D eigenvalue weighted by molar-refractivity contribution is 6.74. The first-order chi connectivity index (χ1) is 8.31. The van der Waals surface area contributed by atoms with Crippen LogP contribution in [0.2, 0.25) is 18.1 Å². The lowest BCUT2D eigenvalue weighted by Gasteiger charge is -2.43. The Kier molecular flexibility index (Phi) is 4.08. The van der Waals surface area contributed by atoms with Crippen molar-refractivity contribution < 1.29 is 4.43 Å². The number of fused-ring (bicyclic) bond motifs is 1. The summed E-state index contributed by atoms with van der Waals surface area (Å²) in [5, 5.41) is 0.329. The fourth-order valence-electron chi connectivity index (χ4n) is 3.05. The molecule has 0 aliphatic heterocycles. The van der Waals surface area contributed by atoms with Crippen LogP contribution in [-0.2, 0) is 4.43 Å². The third-order valence-corrected chi connectivity index (χ3v) is 9.73. The highest BCUT2D eigenvalue weighted by Crippen LogP contribution is 2.43. The zero-order valence-electron chi connectivity index (χ0n) is 12.9. The van der Waals surface area contributed by atoms with E-state index in [1.807, 2.05) is 0 Å². The molecule has 1 nitrogen and oxygen atoms in total. The second kappa shape index (κ2) is 5.13. The summed E-state index contributed by atoms with van der Waals surface area (Å²) in [5.74, 6) is 0.849. The number of hydrogen-bond donors (Lipinski definition) is 0. The molecule has 104 valence electrons. The molecule has 0 amide bonds. The summed E-state index contributed by atoms with van der Waals surface area (Å²) in [4.78, 5) is 0. The molecule has 2 atom stereocenters. The highest BCUT2D eigenvalue weighted by atomic mass is 28.4. The second-order valence-corrected chi connectivity index (χ2v) is 12.4. The Bertz CT molecular complexity index is 324. The first-order valence-electron chi connectivity index (χ1n) is 7.69. The van der Waals surface area contributed by atoms with Gasteiger partial charge in [0, 0.05) is 0 Å². The molecule has 2 heteroatoms. The van der Waals surface area contributed by atoms with Crippen LogP contribution in [0.5, 0.6) is 0 Å². The van der Waals surface area contributed by atoms with E-state index >= 15 is 0 Å². The van der Waals surface area contributed by atoms with Crippen LogP contribution in [0.25, 0.3) is 0 Å². The van der Waals surface area contributed by atoms with E-state index in [0.717, 1.165) is 5.92 Å². The number of allylic oxidation sites excluding steroid dienone is 1. The maximum Gasteiger partial charge on any atom is 0.192 e. The third kappa shape index (κ3) is 2.90. The molecule has 0 aromatic rings. The maximum atomic E-state index is 6.68. The van der Waals surface area contributed by atoms with Crippen molar-refractivity contribution >= 4 is 8.32 Å². The quantitative estimate of drug-likeness (QED) is 0.487. The van der Waals surface area contributed by atoms with Crippen molar-refractivity contribution in [3.05, 3.63) is 11.6 Å². The summed E-state index contributed by atoms with van der Waals surface area (Å²) >= 11 is 0. The molecule has 0 aromatic heterocycles. The largest absolute Gasteiger partial charge is 0.410 e. The Morgan fingerprint density at radius 3 is 2.44 bits per heavy atom. The van der Waals surface area contributed by atoms with Crippen LogP contribution < -0.4 is 0 Å². The molecular weight excluding hydrogens is 236 g/mol. The van der Waals surface area contributed by atoms with Gasteiger partial charge in [0.15, 0.2) is 8.32 Å². The summed E-state index contributed by atoms with van der Waals surface area (Å²) in [6.07, 6.45) is 11.1. The molecule has 1 fully saturated rings. The Hall–Kier alpha value is -0.0831. The van der Waals surface area contributed by atoms with Gasteiger partial charge in [-0.15, -0.1) is 0 Å².